The first-order valence-corrected chi connectivity index (χ1v) is 7.83. The van der Waals surface area contributed by atoms with Gasteiger partial charge in [0.15, 0.2) is 0 Å². The largest absolute Gasteiger partial charge is 0.387 e. The Kier molecular flexibility index (Phi) is 3.90. The Hall–Kier alpha value is -0.860. The number of benzene rings is 1. The van der Waals surface area contributed by atoms with Crippen molar-refractivity contribution in [1.82, 2.24) is 5.32 Å². The van der Waals surface area contributed by atoms with Gasteiger partial charge in [-0.25, -0.2) is 0 Å². The van der Waals surface area contributed by atoms with Crippen LogP contribution in [0.4, 0.5) is 0 Å². The van der Waals surface area contributed by atoms with Crippen LogP contribution >= 0.6 is 0 Å². The third kappa shape index (κ3) is 3.01. The van der Waals surface area contributed by atoms with E-state index in [1.54, 1.807) is 0 Å². The molecular weight excluding hydrogens is 234 g/mol. The predicted molar refractivity (Wildman–Crippen MR) is 78.3 cm³/mol. The van der Waals surface area contributed by atoms with Crippen molar-refractivity contribution in [3.8, 4) is 0 Å². The summed E-state index contributed by atoms with van der Waals surface area (Å²) in [6.07, 6.45) is 8.17. The third-order valence-corrected chi connectivity index (χ3v) is 4.56. The Bertz CT molecular complexity index is 439. The van der Waals surface area contributed by atoms with E-state index in [2.05, 4.69) is 30.4 Å². The molecule has 0 amide bonds. The number of nitrogens with one attached hydrogen (secondary N) is 1. The zero-order valence-corrected chi connectivity index (χ0v) is 11.9. The van der Waals surface area contributed by atoms with E-state index >= 15 is 0 Å². The molecule has 0 aromatic heterocycles. The van der Waals surface area contributed by atoms with Gasteiger partial charge in [-0.1, -0.05) is 25.1 Å². The van der Waals surface area contributed by atoms with Gasteiger partial charge in [-0.3, -0.25) is 0 Å². The molecule has 0 heterocycles. The summed E-state index contributed by atoms with van der Waals surface area (Å²) in [6, 6.07) is 7.46. The van der Waals surface area contributed by atoms with Crippen molar-refractivity contribution < 1.29 is 5.11 Å². The summed E-state index contributed by atoms with van der Waals surface area (Å²) in [5.41, 5.74) is 4.05. The van der Waals surface area contributed by atoms with Crippen LogP contribution in [0.25, 0.3) is 0 Å². The number of aliphatic hydroxyl groups excluding tert-OH is 1. The molecule has 1 aromatic rings. The minimum Gasteiger partial charge on any atom is -0.387 e. The fraction of sp³-hybridized carbons (Fsp3) is 0.647. The van der Waals surface area contributed by atoms with E-state index in [0.29, 0.717) is 6.04 Å². The van der Waals surface area contributed by atoms with Gasteiger partial charge in [0.2, 0.25) is 0 Å². The SMILES string of the molecule is CCC(NC1CC1)C(O)c1ccc2c(c1)CCCC2. The fourth-order valence-corrected chi connectivity index (χ4v) is 3.15. The van der Waals surface area contributed by atoms with Gasteiger partial charge in [0.05, 0.1) is 6.10 Å². The lowest BCUT2D eigenvalue weighted by Crippen LogP contribution is -2.36. The van der Waals surface area contributed by atoms with E-state index in [0.717, 1.165) is 12.0 Å². The molecule has 3 rings (SSSR count). The highest BCUT2D eigenvalue weighted by molar-refractivity contribution is 5.35. The van der Waals surface area contributed by atoms with Gasteiger partial charge in [-0.05, 0) is 61.6 Å². The molecule has 2 heteroatoms. The summed E-state index contributed by atoms with van der Waals surface area (Å²) in [4.78, 5) is 0. The maximum absolute atomic E-state index is 10.6. The molecule has 2 nitrogen and oxygen atoms in total. The lowest BCUT2D eigenvalue weighted by molar-refractivity contribution is 0.125. The standard InChI is InChI=1S/C17H25NO/c1-2-16(18-15-9-10-15)17(19)14-8-7-12-5-3-4-6-13(12)11-14/h7-8,11,15-19H,2-6,9-10H2,1H3. The second kappa shape index (κ2) is 5.64. The Balaban J connectivity index is 1.75. The Labute approximate surface area is 116 Å². The summed E-state index contributed by atoms with van der Waals surface area (Å²) >= 11 is 0. The topological polar surface area (TPSA) is 32.3 Å². The molecule has 0 radical (unpaired) electrons. The third-order valence-electron chi connectivity index (χ3n) is 4.56. The molecule has 1 aromatic carbocycles. The second-order valence-corrected chi connectivity index (χ2v) is 6.14. The summed E-state index contributed by atoms with van der Waals surface area (Å²) in [6.45, 7) is 2.15. The van der Waals surface area contributed by atoms with Crippen molar-refractivity contribution in [1.29, 1.82) is 0 Å². The summed E-state index contributed by atoms with van der Waals surface area (Å²) in [7, 11) is 0. The van der Waals surface area contributed by atoms with E-state index in [-0.39, 0.29) is 12.1 Å². The van der Waals surface area contributed by atoms with Crippen molar-refractivity contribution in [2.75, 3.05) is 0 Å². The average Bonchev–Trinajstić information content (AvgIpc) is 3.27. The summed E-state index contributed by atoms with van der Waals surface area (Å²) in [5.74, 6) is 0. The molecule has 19 heavy (non-hydrogen) atoms. The van der Waals surface area contributed by atoms with Crippen LogP contribution in [0.15, 0.2) is 18.2 Å². The van der Waals surface area contributed by atoms with Crippen LogP contribution in [0.1, 0.15) is 61.8 Å². The smallest absolute Gasteiger partial charge is 0.0943 e. The maximum atomic E-state index is 10.6. The molecule has 0 bridgehead atoms. The fourth-order valence-electron chi connectivity index (χ4n) is 3.15. The average molecular weight is 259 g/mol. The normalized spacial score (nSPS) is 21.8. The summed E-state index contributed by atoms with van der Waals surface area (Å²) in [5, 5.41) is 14.2. The van der Waals surface area contributed by atoms with Crippen LogP contribution in [-0.4, -0.2) is 17.2 Å². The summed E-state index contributed by atoms with van der Waals surface area (Å²) < 4.78 is 0. The number of aliphatic hydroxyl groups is 1. The van der Waals surface area contributed by atoms with Crippen molar-refractivity contribution in [2.45, 2.75) is 70.1 Å². The number of rotatable bonds is 5. The molecule has 2 unspecified atom stereocenters. The molecule has 0 aliphatic heterocycles. The molecule has 1 fully saturated rings. The van der Waals surface area contributed by atoms with Crippen LogP contribution < -0.4 is 5.32 Å². The van der Waals surface area contributed by atoms with Gasteiger partial charge < -0.3 is 10.4 Å². The highest BCUT2D eigenvalue weighted by Gasteiger charge is 2.28. The van der Waals surface area contributed by atoms with Crippen LogP contribution in [0, 0.1) is 0 Å². The number of fused-ring (bicyclic) bond motifs is 1. The molecule has 0 saturated heterocycles. The quantitative estimate of drug-likeness (QED) is 0.851. The first-order chi connectivity index (χ1) is 9.28. The second-order valence-electron chi connectivity index (χ2n) is 6.14. The zero-order chi connectivity index (χ0) is 13.2. The van der Waals surface area contributed by atoms with Gasteiger partial charge in [0.1, 0.15) is 0 Å². The Morgan fingerprint density at radius 3 is 2.63 bits per heavy atom. The molecular formula is C17H25NO. The van der Waals surface area contributed by atoms with Crippen molar-refractivity contribution in [3.63, 3.8) is 0 Å². The first kappa shape index (κ1) is 13.1. The van der Waals surface area contributed by atoms with Crippen LogP contribution in [-0.2, 0) is 12.8 Å². The maximum Gasteiger partial charge on any atom is 0.0943 e. The molecule has 0 spiro atoms. The van der Waals surface area contributed by atoms with Gasteiger partial charge in [0.25, 0.3) is 0 Å². The minimum absolute atomic E-state index is 0.203. The molecule has 1 saturated carbocycles. The molecule has 2 aliphatic rings. The highest BCUT2D eigenvalue weighted by atomic mass is 16.3. The van der Waals surface area contributed by atoms with Gasteiger partial charge >= 0.3 is 0 Å². The molecule has 2 aliphatic carbocycles. The minimum atomic E-state index is -0.363. The first-order valence-electron chi connectivity index (χ1n) is 7.83. The van der Waals surface area contributed by atoms with Gasteiger partial charge in [0, 0.05) is 12.1 Å². The van der Waals surface area contributed by atoms with Crippen LogP contribution in [0.2, 0.25) is 0 Å². The lowest BCUT2D eigenvalue weighted by Gasteiger charge is -2.25. The predicted octanol–water partition coefficient (Wildman–Crippen LogP) is 3.13. The monoisotopic (exact) mass is 259 g/mol. The van der Waals surface area contributed by atoms with Gasteiger partial charge in [-0.2, -0.15) is 0 Å². The molecule has 2 N–H and O–H groups in total. The number of aryl methyl sites for hydroxylation is 2. The van der Waals surface area contributed by atoms with Crippen molar-refractivity contribution >= 4 is 0 Å². The lowest BCUT2D eigenvalue weighted by atomic mass is 9.88. The number of hydrogen-bond donors (Lipinski definition) is 2. The van der Waals surface area contributed by atoms with E-state index in [4.69, 9.17) is 0 Å². The molecule has 104 valence electrons. The van der Waals surface area contributed by atoms with Crippen molar-refractivity contribution in [3.05, 3.63) is 34.9 Å². The van der Waals surface area contributed by atoms with Gasteiger partial charge in [-0.15, -0.1) is 0 Å². The van der Waals surface area contributed by atoms with E-state index < -0.39 is 0 Å². The van der Waals surface area contributed by atoms with E-state index in [1.807, 2.05) is 0 Å². The van der Waals surface area contributed by atoms with Crippen LogP contribution in [0.3, 0.4) is 0 Å². The zero-order valence-electron chi connectivity index (χ0n) is 11.9. The van der Waals surface area contributed by atoms with Crippen LogP contribution in [0.5, 0.6) is 0 Å². The van der Waals surface area contributed by atoms with E-state index in [1.165, 1.54) is 49.7 Å². The number of hydrogen-bond acceptors (Lipinski definition) is 2. The Morgan fingerprint density at radius 2 is 1.95 bits per heavy atom. The highest BCUT2D eigenvalue weighted by Crippen LogP contribution is 2.28. The van der Waals surface area contributed by atoms with E-state index in [9.17, 15) is 5.11 Å². The molecule has 2 atom stereocenters. The van der Waals surface area contributed by atoms with Crippen molar-refractivity contribution in [2.24, 2.45) is 0 Å². The Morgan fingerprint density at radius 1 is 1.21 bits per heavy atom.